The third kappa shape index (κ3) is 5.43. The van der Waals surface area contributed by atoms with E-state index in [9.17, 15) is 0 Å². The van der Waals surface area contributed by atoms with Gasteiger partial charge in [-0.2, -0.15) is 0 Å². The van der Waals surface area contributed by atoms with Crippen molar-refractivity contribution in [3.63, 3.8) is 0 Å². The monoisotopic (exact) mass is 266 g/mol. The third-order valence-electron chi connectivity index (χ3n) is 4.89. The lowest BCUT2D eigenvalue weighted by Gasteiger charge is -2.25. The molecule has 0 radical (unpaired) electrons. The zero-order valence-corrected chi connectivity index (χ0v) is 13.2. The van der Waals surface area contributed by atoms with Gasteiger partial charge in [0.05, 0.1) is 0 Å². The van der Waals surface area contributed by atoms with Crippen LogP contribution in [0.5, 0.6) is 0 Å². The Labute approximate surface area is 120 Å². The summed E-state index contributed by atoms with van der Waals surface area (Å²) in [5.74, 6) is 0.888. The number of unbranched alkanes of at least 4 members (excludes halogenated alkanes) is 3. The van der Waals surface area contributed by atoms with Crippen molar-refractivity contribution < 1.29 is 0 Å². The summed E-state index contributed by atoms with van der Waals surface area (Å²) in [6.45, 7) is 11.5. The Morgan fingerprint density at radius 3 is 2.58 bits per heavy atom. The molecule has 0 amide bonds. The number of hydrogen-bond acceptors (Lipinski definition) is 2. The highest BCUT2D eigenvalue weighted by Gasteiger charge is 2.28. The highest BCUT2D eigenvalue weighted by molar-refractivity contribution is 4.84. The summed E-state index contributed by atoms with van der Waals surface area (Å²) in [5, 5.41) is 0. The van der Waals surface area contributed by atoms with E-state index in [0.717, 1.165) is 12.0 Å². The van der Waals surface area contributed by atoms with Gasteiger partial charge in [0.15, 0.2) is 0 Å². The summed E-state index contributed by atoms with van der Waals surface area (Å²) in [6.07, 6.45) is 11.4. The Hall–Kier alpha value is -0.0800. The lowest BCUT2D eigenvalue weighted by molar-refractivity contribution is 0.217. The van der Waals surface area contributed by atoms with Gasteiger partial charge in [0.2, 0.25) is 0 Å². The van der Waals surface area contributed by atoms with Crippen molar-refractivity contribution in [2.45, 2.75) is 71.3 Å². The molecule has 2 aliphatic rings. The molecule has 2 nitrogen and oxygen atoms in total. The summed E-state index contributed by atoms with van der Waals surface area (Å²) in [6, 6.07) is 0.892. The summed E-state index contributed by atoms with van der Waals surface area (Å²) >= 11 is 0. The first-order valence-electron chi connectivity index (χ1n) is 8.72. The number of fused-ring (bicyclic) bond motifs is 1. The van der Waals surface area contributed by atoms with Crippen LogP contribution < -0.4 is 0 Å². The van der Waals surface area contributed by atoms with E-state index < -0.39 is 0 Å². The van der Waals surface area contributed by atoms with Gasteiger partial charge in [0.1, 0.15) is 0 Å². The van der Waals surface area contributed by atoms with E-state index in [4.69, 9.17) is 0 Å². The van der Waals surface area contributed by atoms with Gasteiger partial charge >= 0.3 is 0 Å². The molecule has 0 bridgehead atoms. The second-order valence-electron chi connectivity index (χ2n) is 7.08. The molecule has 2 heteroatoms. The average Bonchev–Trinajstić information content (AvgIpc) is 2.72. The van der Waals surface area contributed by atoms with E-state index in [0.29, 0.717) is 0 Å². The highest BCUT2D eigenvalue weighted by Crippen LogP contribution is 2.21. The van der Waals surface area contributed by atoms with E-state index in [1.54, 1.807) is 0 Å². The summed E-state index contributed by atoms with van der Waals surface area (Å²) < 4.78 is 0. The molecule has 2 fully saturated rings. The first-order valence-corrected chi connectivity index (χ1v) is 8.72. The topological polar surface area (TPSA) is 6.48 Å². The van der Waals surface area contributed by atoms with E-state index in [2.05, 4.69) is 23.6 Å². The molecule has 0 N–H and O–H groups in total. The highest BCUT2D eigenvalue weighted by atomic mass is 15.3. The molecule has 2 saturated heterocycles. The minimum atomic E-state index is 0.888. The van der Waals surface area contributed by atoms with Gasteiger partial charge < -0.3 is 4.90 Å². The van der Waals surface area contributed by atoms with Crippen LogP contribution in [0.15, 0.2) is 0 Å². The lowest BCUT2D eigenvalue weighted by atomic mass is 10.0. The Kier molecular flexibility index (Phi) is 6.66. The molecule has 2 rings (SSSR count). The predicted molar refractivity (Wildman–Crippen MR) is 83.6 cm³/mol. The maximum atomic E-state index is 2.75. The lowest BCUT2D eigenvalue weighted by Crippen LogP contribution is -2.36. The normalized spacial score (nSPS) is 25.7. The summed E-state index contributed by atoms with van der Waals surface area (Å²) in [5.41, 5.74) is 0. The molecule has 0 spiro atoms. The molecule has 2 aliphatic heterocycles. The standard InChI is InChI=1S/C17H34N2/c1-16(2)9-5-3-4-6-11-18-12-8-14-19-13-7-10-17(19)15-18/h16-17H,3-15H2,1-2H3. The molecular weight excluding hydrogens is 232 g/mol. The van der Waals surface area contributed by atoms with E-state index >= 15 is 0 Å². The first kappa shape index (κ1) is 15.3. The van der Waals surface area contributed by atoms with Gasteiger partial charge in [-0.25, -0.2) is 0 Å². The van der Waals surface area contributed by atoms with Crippen LogP contribution in [0.3, 0.4) is 0 Å². The Bertz CT molecular complexity index is 239. The van der Waals surface area contributed by atoms with Crippen molar-refractivity contribution in [2.75, 3.05) is 32.7 Å². The molecule has 0 aromatic carbocycles. The van der Waals surface area contributed by atoms with Gasteiger partial charge in [-0.05, 0) is 57.8 Å². The van der Waals surface area contributed by atoms with Crippen molar-refractivity contribution in [3.05, 3.63) is 0 Å². The van der Waals surface area contributed by atoms with Crippen molar-refractivity contribution in [3.8, 4) is 0 Å². The van der Waals surface area contributed by atoms with Gasteiger partial charge in [0, 0.05) is 12.6 Å². The molecule has 0 aromatic rings. The average molecular weight is 266 g/mol. The number of hydrogen-bond donors (Lipinski definition) is 0. The largest absolute Gasteiger partial charge is 0.302 e. The van der Waals surface area contributed by atoms with Crippen LogP contribution in [-0.2, 0) is 0 Å². The van der Waals surface area contributed by atoms with E-state index in [-0.39, 0.29) is 0 Å². The number of rotatable bonds is 7. The van der Waals surface area contributed by atoms with Gasteiger partial charge in [-0.15, -0.1) is 0 Å². The quantitative estimate of drug-likeness (QED) is 0.647. The number of nitrogens with zero attached hydrogens (tertiary/aromatic N) is 2. The molecule has 112 valence electrons. The van der Waals surface area contributed by atoms with Crippen LogP contribution in [0, 0.1) is 5.92 Å². The smallest absolute Gasteiger partial charge is 0.0223 e. The van der Waals surface area contributed by atoms with Gasteiger partial charge in [-0.1, -0.05) is 39.5 Å². The van der Waals surface area contributed by atoms with Crippen LogP contribution in [0.1, 0.15) is 65.2 Å². The fourth-order valence-electron chi connectivity index (χ4n) is 3.73. The molecule has 19 heavy (non-hydrogen) atoms. The third-order valence-corrected chi connectivity index (χ3v) is 4.89. The Morgan fingerprint density at radius 1 is 0.947 bits per heavy atom. The van der Waals surface area contributed by atoms with Crippen LogP contribution in [0.2, 0.25) is 0 Å². The van der Waals surface area contributed by atoms with Gasteiger partial charge in [0.25, 0.3) is 0 Å². The van der Waals surface area contributed by atoms with E-state index in [1.807, 2.05) is 0 Å². The van der Waals surface area contributed by atoms with Crippen molar-refractivity contribution in [1.82, 2.24) is 9.80 Å². The summed E-state index contributed by atoms with van der Waals surface area (Å²) in [7, 11) is 0. The molecule has 1 unspecified atom stereocenters. The maximum Gasteiger partial charge on any atom is 0.0223 e. The molecule has 0 saturated carbocycles. The second kappa shape index (κ2) is 8.26. The maximum absolute atomic E-state index is 2.75. The van der Waals surface area contributed by atoms with Crippen molar-refractivity contribution in [1.29, 1.82) is 0 Å². The minimum Gasteiger partial charge on any atom is -0.302 e. The zero-order chi connectivity index (χ0) is 13.5. The Morgan fingerprint density at radius 2 is 1.74 bits per heavy atom. The predicted octanol–water partition coefficient (Wildman–Crippen LogP) is 3.76. The summed E-state index contributed by atoms with van der Waals surface area (Å²) in [4.78, 5) is 5.49. The zero-order valence-electron chi connectivity index (χ0n) is 13.2. The van der Waals surface area contributed by atoms with Crippen LogP contribution in [0.4, 0.5) is 0 Å². The fraction of sp³-hybridized carbons (Fsp3) is 1.00. The molecular formula is C17H34N2. The minimum absolute atomic E-state index is 0.888. The first-order chi connectivity index (χ1) is 9.25. The van der Waals surface area contributed by atoms with E-state index in [1.165, 1.54) is 84.1 Å². The SMILES string of the molecule is CC(C)CCCCCCN1CCCN2CCCC2C1. The van der Waals surface area contributed by atoms with Crippen LogP contribution in [-0.4, -0.2) is 48.6 Å². The second-order valence-corrected chi connectivity index (χ2v) is 7.08. The van der Waals surface area contributed by atoms with Gasteiger partial charge in [-0.3, -0.25) is 4.90 Å². The molecule has 2 heterocycles. The van der Waals surface area contributed by atoms with Crippen molar-refractivity contribution in [2.24, 2.45) is 5.92 Å². The Balaban J connectivity index is 1.55. The molecule has 1 atom stereocenters. The fourth-order valence-corrected chi connectivity index (χ4v) is 3.73. The molecule has 0 aliphatic carbocycles. The van der Waals surface area contributed by atoms with Crippen LogP contribution >= 0.6 is 0 Å². The van der Waals surface area contributed by atoms with Crippen molar-refractivity contribution >= 4 is 0 Å². The molecule has 0 aromatic heterocycles. The van der Waals surface area contributed by atoms with Crippen LogP contribution in [0.25, 0.3) is 0 Å².